The van der Waals surface area contributed by atoms with Crippen molar-refractivity contribution in [3.05, 3.63) is 58.0 Å². The lowest BCUT2D eigenvalue weighted by molar-refractivity contribution is -0.137. The number of hydrogen-bond donors (Lipinski definition) is 1. The van der Waals surface area contributed by atoms with Gasteiger partial charge in [0.15, 0.2) is 5.82 Å². The van der Waals surface area contributed by atoms with Gasteiger partial charge in [0.05, 0.1) is 17.8 Å². The Morgan fingerprint density at radius 3 is 2.56 bits per heavy atom. The number of hydrogen-bond acceptors (Lipinski definition) is 6. The number of aromatic nitrogens is 4. The Balaban J connectivity index is 1.28. The molecule has 1 fully saturated rings. The number of rotatable bonds is 7. The van der Waals surface area contributed by atoms with Gasteiger partial charge in [-0.1, -0.05) is 6.07 Å². The first-order valence-electron chi connectivity index (χ1n) is 10.4. The van der Waals surface area contributed by atoms with Gasteiger partial charge in [0, 0.05) is 17.3 Å². The number of nitrogens with zero attached hydrogens (tertiary/aromatic N) is 5. The highest BCUT2D eigenvalue weighted by atomic mass is 32.1. The van der Waals surface area contributed by atoms with Crippen LogP contribution in [0.4, 0.5) is 13.2 Å². The molecule has 0 radical (unpaired) electrons. The second-order valence-corrected chi connectivity index (χ2v) is 8.75. The summed E-state index contributed by atoms with van der Waals surface area (Å²) in [5.74, 6) is 0.625. The lowest BCUT2D eigenvalue weighted by atomic mass is 9.96. The smallest absolute Gasteiger partial charge is 0.355 e. The van der Waals surface area contributed by atoms with Crippen LogP contribution in [0.5, 0.6) is 0 Å². The van der Waals surface area contributed by atoms with Gasteiger partial charge in [-0.25, -0.2) is 0 Å². The van der Waals surface area contributed by atoms with Crippen LogP contribution in [0.15, 0.2) is 41.8 Å². The minimum absolute atomic E-state index is 0.0134. The predicted octanol–water partition coefficient (Wildman–Crippen LogP) is 3.31. The van der Waals surface area contributed by atoms with Crippen molar-refractivity contribution in [1.82, 2.24) is 30.4 Å². The Bertz CT molecular complexity index is 1010. The van der Waals surface area contributed by atoms with Crippen LogP contribution in [0.3, 0.4) is 0 Å². The molecule has 2 aromatic heterocycles. The molecule has 0 aliphatic carbocycles. The van der Waals surface area contributed by atoms with Crippen LogP contribution in [0.1, 0.15) is 29.1 Å². The van der Waals surface area contributed by atoms with Gasteiger partial charge in [0.25, 0.3) is 0 Å². The standard InChI is InChI=1S/C21H23F3N6OS/c22-21(23,24)16-3-5-17(6-4-16)30-19(26-27-28-30)14-29-11-8-15(9-12-29)20(31)25-10-7-18-2-1-13-32-18/h1-6,13,15H,7-12,14H2,(H,25,31). The first-order valence-corrected chi connectivity index (χ1v) is 11.3. The maximum atomic E-state index is 12.8. The highest BCUT2D eigenvalue weighted by Crippen LogP contribution is 2.29. The van der Waals surface area contributed by atoms with E-state index in [1.807, 2.05) is 11.4 Å². The summed E-state index contributed by atoms with van der Waals surface area (Å²) >= 11 is 1.69. The van der Waals surface area contributed by atoms with E-state index in [4.69, 9.17) is 0 Å². The van der Waals surface area contributed by atoms with E-state index in [0.29, 0.717) is 24.6 Å². The fraction of sp³-hybridized carbons (Fsp3) is 0.429. The van der Waals surface area contributed by atoms with Crippen LogP contribution in [0.2, 0.25) is 0 Å². The molecule has 32 heavy (non-hydrogen) atoms. The van der Waals surface area contributed by atoms with Crippen LogP contribution in [-0.4, -0.2) is 50.6 Å². The van der Waals surface area contributed by atoms with Crippen molar-refractivity contribution in [2.45, 2.75) is 32.0 Å². The molecule has 0 saturated carbocycles. The third kappa shape index (κ3) is 5.52. The Morgan fingerprint density at radius 2 is 1.91 bits per heavy atom. The van der Waals surface area contributed by atoms with Gasteiger partial charge in [-0.2, -0.15) is 17.9 Å². The summed E-state index contributed by atoms with van der Waals surface area (Å²) in [6, 6.07) is 8.82. The van der Waals surface area contributed by atoms with Crippen LogP contribution in [0.25, 0.3) is 5.69 Å². The van der Waals surface area contributed by atoms with Crippen molar-refractivity contribution in [2.75, 3.05) is 19.6 Å². The van der Waals surface area contributed by atoms with Crippen LogP contribution in [0, 0.1) is 5.92 Å². The maximum absolute atomic E-state index is 12.8. The molecule has 0 spiro atoms. The van der Waals surface area contributed by atoms with Gasteiger partial charge in [0.2, 0.25) is 5.91 Å². The monoisotopic (exact) mass is 464 g/mol. The average molecular weight is 465 g/mol. The number of carbonyl (C=O) groups is 1. The number of alkyl halides is 3. The Morgan fingerprint density at radius 1 is 1.16 bits per heavy atom. The van der Waals surface area contributed by atoms with Gasteiger partial charge < -0.3 is 5.32 Å². The number of amides is 1. The van der Waals surface area contributed by atoms with Crippen LogP contribution >= 0.6 is 11.3 Å². The summed E-state index contributed by atoms with van der Waals surface area (Å²) in [7, 11) is 0. The van der Waals surface area contributed by atoms with E-state index in [2.05, 4.69) is 31.8 Å². The summed E-state index contributed by atoms with van der Waals surface area (Å²) in [6.45, 7) is 2.55. The van der Waals surface area contributed by atoms with Crippen molar-refractivity contribution in [1.29, 1.82) is 0 Å². The summed E-state index contributed by atoms with van der Waals surface area (Å²) in [6.07, 6.45) is -2.06. The fourth-order valence-electron chi connectivity index (χ4n) is 3.76. The highest BCUT2D eigenvalue weighted by Gasteiger charge is 2.30. The number of nitrogens with one attached hydrogen (secondary N) is 1. The molecule has 1 aliphatic rings. The van der Waals surface area contributed by atoms with E-state index < -0.39 is 11.7 Å². The van der Waals surface area contributed by atoms with E-state index in [9.17, 15) is 18.0 Å². The molecule has 4 rings (SSSR count). The number of halogens is 3. The highest BCUT2D eigenvalue weighted by molar-refractivity contribution is 7.09. The summed E-state index contributed by atoms with van der Waals surface area (Å²) in [4.78, 5) is 15.9. The molecular weight excluding hydrogens is 441 g/mol. The predicted molar refractivity (Wildman–Crippen MR) is 113 cm³/mol. The summed E-state index contributed by atoms with van der Waals surface area (Å²) in [5.41, 5.74) is -0.246. The van der Waals surface area contributed by atoms with E-state index in [1.165, 1.54) is 21.7 Å². The van der Waals surface area contributed by atoms with Crippen LogP contribution < -0.4 is 5.32 Å². The molecule has 3 aromatic rings. The van der Waals surface area contributed by atoms with Crippen molar-refractivity contribution >= 4 is 17.2 Å². The second kappa shape index (κ2) is 9.78. The van der Waals surface area contributed by atoms with E-state index >= 15 is 0 Å². The molecule has 1 aromatic carbocycles. The minimum atomic E-state index is -4.39. The first-order chi connectivity index (χ1) is 15.4. The fourth-order valence-corrected chi connectivity index (χ4v) is 4.47. The van der Waals surface area contributed by atoms with Gasteiger partial charge in [-0.15, -0.1) is 16.4 Å². The van der Waals surface area contributed by atoms with Crippen molar-refractivity contribution < 1.29 is 18.0 Å². The third-order valence-electron chi connectivity index (χ3n) is 5.55. The van der Waals surface area contributed by atoms with E-state index in [1.54, 1.807) is 11.3 Å². The van der Waals surface area contributed by atoms with E-state index in [-0.39, 0.29) is 11.8 Å². The Hall–Kier alpha value is -2.79. The average Bonchev–Trinajstić information content (AvgIpc) is 3.46. The number of benzene rings is 1. The van der Waals surface area contributed by atoms with Crippen molar-refractivity contribution in [3.8, 4) is 5.69 Å². The number of likely N-dealkylation sites (tertiary alicyclic amines) is 1. The molecule has 0 bridgehead atoms. The maximum Gasteiger partial charge on any atom is 0.416 e. The summed E-state index contributed by atoms with van der Waals surface area (Å²) in [5, 5.41) is 16.7. The normalized spacial score (nSPS) is 15.7. The third-order valence-corrected chi connectivity index (χ3v) is 6.48. The largest absolute Gasteiger partial charge is 0.416 e. The molecule has 7 nitrogen and oxygen atoms in total. The molecule has 170 valence electrons. The van der Waals surface area contributed by atoms with Crippen molar-refractivity contribution in [3.63, 3.8) is 0 Å². The Labute approximate surface area is 187 Å². The molecular formula is C21H23F3N6OS. The zero-order valence-corrected chi connectivity index (χ0v) is 18.1. The molecule has 0 atom stereocenters. The quantitative estimate of drug-likeness (QED) is 0.581. The molecule has 1 N–H and O–H groups in total. The second-order valence-electron chi connectivity index (χ2n) is 7.72. The molecule has 1 saturated heterocycles. The van der Waals surface area contributed by atoms with Gasteiger partial charge in [0.1, 0.15) is 0 Å². The number of thiophene rings is 1. The van der Waals surface area contributed by atoms with Gasteiger partial charge >= 0.3 is 6.18 Å². The SMILES string of the molecule is O=C(NCCc1cccs1)C1CCN(Cc2nnnn2-c2ccc(C(F)(F)F)cc2)CC1. The summed E-state index contributed by atoms with van der Waals surface area (Å²) < 4.78 is 39.8. The Kier molecular flexibility index (Phi) is 6.85. The molecule has 1 aliphatic heterocycles. The molecule has 0 unspecified atom stereocenters. The molecule has 11 heteroatoms. The van der Waals surface area contributed by atoms with Gasteiger partial charge in [-0.05, 0) is 78.5 Å². The molecule has 1 amide bonds. The minimum Gasteiger partial charge on any atom is -0.355 e. The topological polar surface area (TPSA) is 75.9 Å². The van der Waals surface area contributed by atoms with Gasteiger partial charge in [-0.3, -0.25) is 9.69 Å². The number of carbonyl (C=O) groups excluding carboxylic acids is 1. The lowest BCUT2D eigenvalue weighted by Crippen LogP contribution is -2.41. The number of piperidine rings is 1. The lowest BCUT2D eigenvalue weighted by Gasteiger charge is -2.30. The zero-order valence-electron chi connectivity index (χ0n) is 17.3. The van der Waals surface area contributed by atoms with E-state index in [0.717, 1.165) is 44.5 Å². The number of tetrazole rings is 1. The first kappa shape index (κ1) is 22.4. The van der Waals surface area contributed by atoms with Crippen LogP contribution in [-0.2, 0) is 23.9 Å². The molecule has 3 heterocycles. The zero-order chi connectivity index (χ0) is 22.6. The van der Waals surface area contributed by atoms with Crippen molar-refractivity contribution in [2.24, 2.45) is 5.92 Å².